The van der Waals surface area contributed by atoms with Gasteiger partial charge in [-0.1, -0.05) is 13.0 Å². The number of carbonyl (C=O) groups excluding carboxylic acids is 1. The molecule has 2 rings (SSSR count). The van der Waals surface area contributed by atoms with Gasteiger partial charge in [-0.2, -0.15) is 0 Å². The Bertz CT molecular complexity index is 559. The number of anilines is 1. The molecule has 0 fully saturated rings. The number of amides is 1. The smallest absolute Gasteiger partial charge is 0.250 e. The van der Waals surface area contributed by atoms with Gasteiger partial charge in [0.05, 0.1) is 16.9 Å². The van der Waals surface area contributed by atoms with Gasteiger partial charge in [-0.25, -0.2) is 4.98 Å². The fourth-order valence-electron chi connectivity index (χ4n) is 1.83. The maximum Gasteiger partial charge on any atom is 0.250 e. The molecule has 1 heterocycles. The highest BCUT2D eigenvalue weighted by molar-refractivity contribution is 5.98. The molecule has 88 valence electrons. The molecule has 4 N–H and O–H groups in total. The van der Waals surface area contributed by atoms with E-state index in [1.54, 1.807) is 35.2 Å². The Hall–Kier alpha value is -2.30. The minimum absolute atomic E-state index is 0.401. The number of imidazole rings is 1. The molecule has 1 amide bonds. The van der Waals surface area contributed by atoms with Gasteiger partial charge in [0.15, 0.2) is 0 Å². The largest absolute Gasteiger partial charge is 0.397 e. The van der Waals surface area contributed by atoms with Gasteiger partial charge in [0.1, 0.15) is 5.82 Å². The van der Waals surface area contributed by atoms with Crippen LogP contribution >= 0.6 is 0 Å². The number of hydrogen-bond acceptors (Lipinski definition) is 3. The van der Waals surface area contributed by atoms with Gasteiger partial charge in [-0.3, -0.25) is 4.79 Å². The molecule has 0 atom stereocenters. The first-order valence-electron chi connectivity index (χ1n) is 5.36. The van der Waals surface area contributed by atoms with Gasteiger partial charge in [0.25, 0.3) is 5.91 Å². The number of nitrogens with zero attached hydrogens (tertiary/aromatic N) is 2. The monoisotopic (exact) mass is 230 g/mol. The quantitative estimate of drug-likeness (QED) is 0.774. The van der Waals surface area contributed by atoms with E-state index in [2.05, 4.69) is 4.98 Å². The third-order valence-corrected chi connectivity index (χ3v) is 2.61. The van der Waals surface area contributed by atoms with Crippen molar-refractivity contribution in [3.63, 3.8) is 0 Å². The predicted octanol–water partition coefficient (Wildman–Crippen LogP) is 1.12. The van der Waals surface area contributed by atoms with E-state index in [4.69, 9.17) is 11.5 Å². The summed E-state index contributed by atoms with van der Waals surface area (Å²) in [4.78, 5) is 15.6. The van der Waals surface area contributed by atoms with Crippen LogP contribution in [0.25, 0.3) is 5.69 Å². The van der Waals surface area contributed by atoms with Crippen molar-refractivity contribution in [1.29, 1.82) is 0 Å². The molecule has 0 aliphatic heterocycles. The van der Waals surface area contributed by atoms with Crippen LogP contribution in [0.2, 0.25) is 0 Å². The zero-order valence-corrected chi connectivity index (χ0v) is 9.55. The van der Waals surface area contributed by atoms with E-state index in [-0.39, 0.29) is 0 Å². The number of primary amides is 1. The van der Waals surface area contributed by atoms with Gasteiger partial charge in [-0.15, -0.1) is 0 Å². The molecule has 0 aliphatic carbocycles. The van der Waals surface area contributed by atoms with E-state index in [1.807, 2.05) is 6.92 Å². The minimum Gasteiger partial charge on any atom is -0.397 e. The molecule has 5 heteroatoms. The standard InChI is InChI=1S/C12H14N4O/c1-2-10-15-6-7-16(10)11-8(12(14)17)4-3-5-9(11)13/h3-7H,2,13H2,1H3,(H2,14,17). The zero-order valence-electron chi connectivity index (χ0n) is 9.55. The van der Waals surface area contributed by atoms with E-state index >= 15 is 0 Å². The number of para-hydroxylation sites is 1. The van der Waals surface area contributed by atoms with Crippen LogP contribution in [0.1, 0.15) is 23.1 Å². The summed E-state index contributed by atoms with van der Waals surface area (Å²) < 4.78 is 1.80. The summed E-state index contributed by atoms with van der Waals surface area (Å²) in [5, 5.41) is 0. The Morgan fingerprint density at radius 1 is 1.47 bits per heavy atom. The lowest BCUT2D eigenvalue weighted by molar-refractivity contribution is 0.100. The second-order valence-corrected chi connectivity index (χ2v) is 3.67. The second kappa shape index (κ2) is 4.29. The molecule has 5 nitrogen and oxygen atoms in total. The summed E-state index contributed by atoms with van der Waals surface area (Å²) in [5.74, 6) is 0.341. The number of aromatic nitrogens is 2. The first kappa shape index (κ1) is 11.2. The van der Waals surface area contributed by atoms with Gasteiger partial charge < -0.3 is 16.0 Å². The second-order valence-electron chi connectivity index (χ2n) is 3.67. The maximum atomic E-state index is 11.4. The van der Waals surface area contributed by atoms with Crippen molar-refractivity contribution in [2.75, 3.05) is 5.73 Å². The van der Waals surface area contributed by atoms with E-state index in [0.29, 0.717) is 16.9 Å². The summed E-state index contributed by atoms with van der Waals surface area (Å²) in [6.45, 7) is 1.99. The van der Waals surface area contributed by atoms with E-state index in [9.17, 15) is 4.79 Å². The Balaban J connectivity index is 2.70. The molecular weight excluding hydrogens is 216 g/mol. The highest BCUT2D eigenvalue weighted by atomic mass is 16.1. The Labute approximate surface area is 99.1 Å². The molecule has 0 bridgehead atoms. The van der Waals surface area contributed by atoms with E-state index < -0.39 is 5.91 Å². The molecule has 2 aromatic rings. The van der Waals surface area contributed by atoms with E-state index in [1.165, 1.54) is 0 Å². The van der Waals surface area contributed by atoms with Gasteiger partial charge in [-0.05, 0) is 12.1 Å². The third kappa shape index (κ3) is 1.87. The average Bonchev–Trinajstić information content (AvgIpc) is 2.76. The Morgan fingerprint density at radius 3 is 2.88 bits per heavy atom. The number of carbonyl (C=O) groups is 1. The summed E-state index contributed by atoms with van der Waals surface area (Å²) >= 11 is 0. The van der Waals surface area contributed by atoms with Gasteiger partial charge in [0.2, 0.25) is 0 Å². The fraction of sp³-hybridized carbons (Fsp3) is 0.167. The molecule has 1 aromatic carbocycles. The normalized spacial score (nSPS) is 10.4. The lowest BCUT2D eigenvalue weighted by atomic mass is 10.1. The van der Waals surface area contributed by atoms with Crippen molar-refractivity contribution in [1.82, 2.24) is 9.55 Å². The first-order valence-corrected chi connectivity index (χ1v) is 5.36. The summed E-state index contributed by atoms with van der Waals surface area (Å²) in [5.41, 5.74) is 12.8. The number of nitrogen functional groups attached to an aromatic ring is 1. The lowest BCUT2D eigenvalue weighted by Gasteiger charge is -2.13. The molecule has 0 radical (unpaired) electrons. The van der Waals surface area contributed by atoms with Crippen LogP contribution in [-0.2, 0) is 6.42 Å². The van der Waals surface area contributed by atoms with Crippen molar-refractivity contribution in [2.45, 2.75) is 13.3 Å². The van der Waals surface area contributed by atoms with Crippen molar-refractivity contribution >= 4 is 11.6 Å². The molecule has 1 aromatic heterocycles. The molecule has 0 unspecified atom stereocenters. The lowest BCUT2D eigenvalue weighted by Crippen LogP contribution is -2.16. The number of rotatable bonds is 3. The maximum absolute atomic E-state index is 11.4. The van der Waals surface area contributed by atoms with Gasteiger partial charge in [0, 0.05) is 18.8 Å². The van der Waals surface area contributed by atoms with Crippen LogP contribution in [-0.4, -0.2) is 15.5 Å². The van der Waals surface area contributed by atoms with Gasteiger partial charge >= 0.3 is 0 Å². The highest BCUT2D eigenvalue weighted by Crippen LogP contribution is 2.23. The minimum atomic E-state index is -0.497. The fourth-order valence-corrected chi connectivity index (χ4v) is 1.83. The highest BCUT2D eigenvalue weighted by Gasteiger charge is 2.14. The van der Waals surface area contributed by atoms with Crippen molar-refractivity contribution in [3.8, 4) is 5.69 Å². The molecule has 0 saturated heterocycles. The molecular formula is C12H14N4O. The summed E-state index contributed by atoms with van der Waals surface area (Å²) in [7, 11) is 0. The van der Waals surface area contributed by atoms with Crippen LogP contribution in [0.15, 0.2) is 30.6 Å². The topological polar surface area (TPSA) is 86.9 Å². The summed E-state index contributed by atoms with van der Waals surface area (Å²) in [6, 6.07) is 5.11. The van der Waals surface area contributed by atoms with Crippen LogP contribution in [0.3, 0.4) is 0 Å². The number of aryl methyl sites for hydroxylation is 1. The molecule has 0 aliphatic rings. The predicted molar refractivity (Wildman–Crippen MR) is 65.9 cm³/mol. The Morgan fingerprint density at radius 2 is 2.24 bits per heavy atom. The summed E-state index contributed by atoms with van der Waals surface area (Å²) in [6.07, 6.45) is 4.20. The van der Waals surface area contributed by atoms with Crippen molar-refractivity contribution < 1.29 is 4.79 Å². The van der Waals surface area contributed by atoms with Crippen LogP contribution < -0.4 is 11.5 Å². The molecule has 0 spiro atoms. The molecule has 0 saturated carbocycles. The number of benzene rings is 1. The zero-order chi connectivity index (χ0) is 12.4. The van der Waals surface area contributed by atoms with E-state index in [0.717, 1.165) is 12.2 Å². The average molecular weight is 230 g/mol. The third-order valence-electron chi connectivity index (χ3n) is 2.61. The number of hydrogen-bond donors (Lipinski definition) is 2. The Kier molecular flexibility index (Phi) is 2.82. The number of nitrogens with two attached hydrogens (primary N) is 2. The van der Waals surface area contributed by atoms with Crippen LogP contribution in [0.5, 0.6) is 0 Å². The van der Waals surface area contributed by atoms with Crippen molar-refractivity contribution in [2.24, 2.45) is 5.73 Å². The van der Waals surface area contributed by atoms with Crippen LogP contribution in [0, 0.1) is 0 Å². The molecule has 17 heavy (non-hydrogen) atoms. The first-order chi connectivity index (χ1) is 8.15. The SMILES string of the molecule is CCc1nccn1-c1c(N)cccc1C(N)=O. The van der Waals surface area contributed by atoms with Crippen molar-refractivity contribution in [3.05, 3.63) is 42.0 Å². The van der Waals surface area contributed by atoms with Crippen LogP contribution in [0.4, 0.5) is 5.69 Å².